The minimum atomic E-state index is -0.846. The molecule has 0 unspecified atom stereocenters. The number of ether oxygens (including phenoxy) is 3. The second-order valence-corrected chi connectivity index (χ2v) is 8.82. The van der Waals surface area contributed by atoms with Gasteiger partial charge >= 0.3 is 0 Å². The summed E-state index contributed by atoms with van der Waals surface area (Å²) in [6.45, 7) is 3.41. The number of anilines is 1. The highest BCUT2D eigenvalue weighted by atomic mass is 32.2. The number of fused-ring (bicyclic) bond motifs is 1. The van der Waals surface area contributed by atoms with Crippen molar-refractivity contribution in [2.75, 3.05) is 45.6 Å². The molecule has 176 valence electrons. The van der Waals surface area contributed by atoms with E-state index in [2.05, 4.69) is 21.8 Å². The number of rotatable bonds is 6. The number of methoxy groups -OCH3 is 3. The topological polar surface area (TPSA) is 69.6 Å². The largest absolute Gasteiger partial charge is 0.494 e. The quantitative estimate of drug-likeness (QED) is 0.374. The predicted octanol–water partition coefficient (Wildman–Crippen LogP) is 4.71. The number of hydrogen-bond acceptors (Lipinski definition) is 8. The van der Waals surface area contributed by atoms with E-state index in [9.17, 15) is 0 Å². The van der Waals surface area contributed by atoms with Crippen LogP contribution in [0.3, 0.4) is 0 Å². The van der Waals surface area contributed by atoms with Crippen LogP contribution in [-0.4, -0.2) is 61.2 Å². The van der Waals surface area contributed by atoms with E-state index in [1.54, 1.807) is 19.4 Å². The van der Waals surface area contributed by atoms with Crippen LogP contribution >= 0.6 is 11.8 Å². The fraction of sp³-hybridized carbons (Fsp3) is 0.435. The van der Waals surface area contributed by atoms with Crippen LogP contribution in [0.1, 0.15) is 19.8 Å². The van der Waals surface area contributed by atoms with Crippen LogP contribution in [-0.2, 0) is 4.74 Å². The first-order valence-corrected chi connectivity index (χ1v) is 11.7. The van der Waals surface area contributed by atoms with E-state index in [1.807, 2.05) is 6.26 Å². The van der Waals surface area contributed by atoms with Gasteiger partial charge in [-0.15, -0.1) is 0 Å². The third kappa shape index (κ3) is 4.29. The summed E-state index contributed by atoms with van der Waals surface area (Å²) in [5.74, 6) is -1.40. The molecule has 4 rings (SSSR count). The molecular formula is C23H26F2N4O3S. The second kappa shape index (κ2) is 9.26. The molecule has 1 aliphatic heterocycles. The van der Waals surface area contributed by atoms with Gasteiger partial charge in [-0.2, -0.15) is 0 Å². The fourth-order valence-corrected chi connectivity index (χ4v) is 4.30. The number of hydrogen-bond donors (Lipinski definition) is 0. The minimum absolute atomic E-state index is 0.116. The van der Waals surface area contributed by atoms with Crippen LogP contribution < -0.4 is 14.4 Å². The standard InChI is InChI=1S/C23H26F2N4O3S/c1-23(32-4)6-8-29(9-7-23)21-20-13(12-26-22(28-20)33-5)10-14(27-21)17-18(24)15(30-2)11-16(31-3)19(17)25/h10-12H,6-9H2,1-5H3. The summed E-state index contributed by atoms with van der Waals surface area (Å²) in [4.78, 5) is 15.8. The molecule has 33 heavy (non-hydrogen) atoms. The molecule has 0 atom stereocenters. The average molecular weight is 477 g/mol. The number of nitrogens with zero attached hydrogens (tertiary/aromatic N) is 4. The summed E-state index contributed by atoms with van der Waals surface area (Å²) < 4.78 is 46.4. The number of benzene rings is 1. The average Bonchev–Trinajstić information content (AvgIpc) is 2.84. The Labute approximate surface area is 195 Å². The van der Waals surface area contributed by atoms with Gasteiger partial charge in [-0.1, -0.05) is 11.8 Å². The summed E-state index contributed by atoms with van der Waals surface area (Å²) in [7, 11) is 4.35. The molecule has 0 bridgehead atoms. The molecular weight excluding hydrogens is 450 g/mol. The molecule has 1 aromatic carbocycles. The number of pyridine rings is 1. The van der Waals surface area contributed by atoms with Crippen molar-refractivity contribution in [3.05, 3.63) is 30.0 Å². The Morgan fingerprint density at radius 2 is 1.64 bits per heavy atom. The van der Waals surface area contributed by atoms with Gasteiger partial charge in [0, 0.05) is 37.8 Å². The van der Waals surface area contributed by atoms with Crippen LogP contribution in [0.15, 0.2) is 23.5 Å². The lowest BCUT2D eigenvalue weighted by atomic mass is 9.93. The van der Waals surface area contributed by atoms with Crippen molar-refractivity contribution in [1.82, 2.24) is 15.0 Å². The smallest absolute Gasteiger partial charge is 0.187 e. The molecule has 0 amide bonds. The Morgan fingerprint density at radius 1 is 1.00 bits per heavy atom. The normalized spacial score (nSPS) is 15.7. The van der Waals surface area contributed by atoms with Gasteiger partial charge in [0.1, 0.15) is 5.52 Å². The summed E-state index contributed by atoms with van der Waals surface area (Å²) in [6.07, 6.45) is 5.11. The van der Waals surface area contributed by atoms with Crippen molar-refractivity contribution in [3.63, 3.8) is 0 Å². The lowest BCUT2D eigenvalue weighted by molar-refractivity contribution is -0.0133. The molecule has 0 aliphatic carbocycles. The Hall–Kier alpha value is -2.72. The van der Waals surface area contributed by atoms with Crippen LogP contribution in [0.25, 0.3) is 22.2 Å². The van der Waals surface area contributed by atoms with Gasteiger partial charge in [0.2, 0.25) is 0 Å². The predicted molar refractivity (Wildman–Crippen MR) is 124 cm³/mol. The molecule has 10 heteroatoms. The Kier molecular flexibility index (Phi) is 6.58. The molecule has 2 aromatic heterocycles. The third-order valence-electron chi connectivity index (χ3n) is 6.15. The van der Waals surface area contributed by atoms with E-state index >= 15 is 8.78 Å². The van der Waals surface area contributed by atoms with Crippen molar-refractivity contribution >= 4 is 28.5 Å². The molecule has 7 nitrogen and oxygen atoms in total. The van der Waals surface area contributed by atoms with E-state index in [0.29, 0.717) is 35.0 Å². The lowest BCUT2D eigenvalue weighted by Crippen LogP contribution is -2.44. The molecule has 1 aliphatic rings. The van der Waals surface area contributed by atoms with Crippen LogP contribution in [0.2, 0.25) is 0 Å². The molecule has 0 N–H and O–H groups in total. The number of aromatic nitrogens is 3. The lowest BCUT2D eigenvalue weighted by Gasteiger charge is -2.39. The van der Waals surface area contributed by atoms with Crippen LogP contribution in [0.5, 0.6) is 11.5 Å². The van der Waals surface area contributed by atoms with Crippen molar-refractivity contribution in [1.29, 1.82) is 0 Å². The SMILES string of the molecule is COc1cc(OC)c(F)c(-c2cc3cnc(SC)nc3c(N3CCC(C)(OC)CC3)n2)c1F. The summed E-state index contributed by atoms with van der Waals surface area (Å²) in [6, 6.07) is 2.77. The molecule has 1 fully saturated rings. The van der Waals surface area contributed by atoms with Crippen molar-refractivity contribution in [3.8, 4) is 22.8 Å². The monoisotopic (exact) mass is 476 g/mol. The first kappa shape index (κ1) is 23.4. The zero-order valence-electron chi connectivity index (χ0n) is 19.2. The molecule has 1 saturated heterocycles. The summed E-state index contributed by atoms with van der Waals surface area (Å²) in [5.41, 5.74) is 0.212. The fourth-order valence-electron chi connectivity index (χ4n) is 3.96. The van der Waals surface area contributed by atoms with E-state index in [0.717, 1.165) is 12.8 Å². The Bertz CT molecular complexity index is 1160. The highest BCUT2D eigenvalue weighted by Gasteiger charge is 2.32. The van der Waals surface area contributed by atoms with Crippen molar-refractivity contribution in [2.45, 2.75) is 30.5 Å². The first-order chi connectivity index (χ1) is 15.8. The first-order valence-electron chi connectivity index (χ1n) is 10.5. The molecule has 3 heterocycles. The molecule has 3 aromatic rings. The van der Waals surface area contributed by atoms with Gasteiger partial charge in [-0.3, -0.25) is 0 Å². The van der Waals surface area contributed by atoms with Crippen molar-refractivity contribution in [2.24, 2.45) is 0 Å². The van der Waals surface area contributed by atoms with Crippen LogP contribution in [0, 0.1) is 11.6 Å². The zero-order chi connectivity index (χ0) is 23.8. The van der Waals surface area contributed by atoms with Crippen molar-refractivity contribution < 1.29 is 23.0 Å². The maximum atomic E-state index is 15.3. The van der Waals surface area contributed by atoms with E-state index in [4.69, 9.17) is 19.2 Å². The number of halogens is 2. The third-order valence-corrected chi connectivity index (χ3v) is 6.71. The Morgan fingerprint density at radius 3 is 2.18 bits per heavy atom. The van der Waals surface area contributed by atoms with E-state index < -0.39 is 11.6 Å². The van der Waals surface area contributed by atoms with Crippen LogP contribution in [0.4, 0.5) is 14.6 Å². The molecule has 0 saturated carbocycles. The zero-order valence-corrected chi connectivity index (χ0v) is 20.1. The Balaban J connectivity index is 1.92. The van der Waals surface area contributed by atoms with Gasteiger partial charge in [0.25, 0.3) is 0 Å². The second-order valence-electron chi connectivity index (χ2n) is 8.05. The van der Waals surface area contributed by atoms with Gasteiger partial charge < -0.3 is 19.1 Å². The van der Waals surface area contributed by atoms with Gasteiger partial charge in [0.15, 0.2) is 34.1 Å². The van der Waals surface area contributed by atoms with Gasteiger partial charge in [0.05, 0.1) is 31.1 Å². The van der Waals surface area contributed by atoms with E-state index in [1.165, 1.54) is 32.0 Å². The number of piperidine rings is 1. The summed E-state index contributed by atoms with van der Waals surface area (Å²) >= 11 is 1.42. The minimum Gasteiger partial charge on any atom is -0.494 e. The van der Waals surface area contributed by atoms with Gasteiger partial charge in [-0.25, -0.2) is 23.7 Å². The summed E-state index contributed by atoms with van der Waals surface area (Å²) in [5, 5.41) is 1.23. The van der Waals surface area contributed by atoms with Gasteiger partial charge in [-0.05, 0) is 32.1 Å². The molecule has 0 radical (unpaired) electrons. The maximum Gasteiger partial charge on any atom is 0.187 e. The van der Waals surface area contributed by atoms with E-state index in [-0.39, 0.29) is 28.4 Å². The highest BCUT2D eigenvalue weighted by Crippen LogP contribution is 2.40. The highest BCUT2D eigenvalue weighted by molar-refractivity contribution is 7.98. The maximum absolute atomic E-state index is 15.3. The molecule has 0 spiro atoms. The number of thioether (sulfide) groups is 1.